The highest BCUT2D eigenvalue weighted by Crippen LogP contribution is 2.45. The molecule has 0 amide bonds. The van der Waals surface area contributed by atoms with Crippen LogP contribution >= 0.6 is 0 Å². The van der Waals surface area contributed by atoms with Gasteiger partial charge in [-0.15, -0.1) is 0 Å². The maximum atomic E-state index is 13.2. The summed E-state index contributed by atoms with van der Waals surface area (Å²) in [4.78, 5) is 11.7. The lowest BCUT2D eigenvalue weighted by Crippen LogP contribution is -2.41. The molecule has 0 bridgehead atoms. The van der Waals surface area contributed by atoms with E-state index in [0.29, 0.717) is 25.0 Å². The molecule has 2 nitrogen and oxygen atoms in total. The molecule has 0 heterocycles. The van der Waals surface area contributed by atoms with E-state index in [1.165, 1.54) is 6.92 Å². The highest BCUT2D eigenvalue weighted by Gasteiger charge is 2.42. The minimum absolute atomic E-state index is 0.0762. The van der Waals surface area contributed by atoms with Crippen LogP contribution in [0.25, 0.3) is 0 Å². The van der Waals surface area contributed by atoms with Crippen LogP contribution in [0.15, 0.2) is 48.5 Å². The lowest BCUT2D eigenvalue weighted by Gasteiger charge is -2.43. The first-order valence-corrected chi connectivity index (χ1v) is 10.8. The topological polar surface area (TPSA) is 26.3 Å². The van der Waals surface area contributed by atoms with E-state index in [1.54, 1.807) is 0 Å². The maximum Gasteiger partial charge on any atom is 0.416 e. The Morgan fingerprint density at radius 3 is 2.12 bits per heavy atom. The van der Waals surface area contributed by atoms with Crippen LogP contribution in [0.3, 0.4) is 0 Å². The zero-order valence-corrected chi connectivity index (χ0v) is 18.3. The summed E-state index contributed by atoms with van der Waals surface area (Å²) in [5, 5.41) is 0. The van der Waals surface area contributed by atoms with Crippen molar-refractivity contribution in [1.82, 2.24) is 0 Å². The molecule has 4 atom stereocenters. The number of hydrogen-bond donors (Lipinski definition) is 0. The number of benzene rings is 2. The van der Waals surface area contributed by atoms with Crippen molar-refractivity contribution in [3.8, 4) is 0 Å². The predicted molar refractivity (Wildman–Crippen MR) is 112 cm³/mol. The van der Waals surface area contributed by atoms with Crippen molar-refractivity contribution in [2.45, 2.75) is 57.0 Å². The highest BCUT2D eigenvalue weighted by atomic mass is 19.4. The third-order valence-electron chi connectivity index (χ3n) is 6.69. The van der Waals surface area contributed by atoms with Gasteiger partial charge >= 0.3 is 12.4 Å². The van der Waals surface area contributed by atoms with Crippen LogP contribution in [-0.2, 0) is 27.3 Å². The molecule has 2 aromatic rings. The average molecular weight is 472 g/mol. The van der Waals surface area contributed by atoms with Crippen molar-refractivity contribution < 1.29 is 35.9 Å². The molecule has 3 rings (SSSR count). The number of ether oxygens (including phenoxy) is 1. The van der Waals surface area contributed by atoms with Crippen LogP contribution in [0.4, 0.5) is 26.3 Å². The van der Waals surface area contributed by atoms with E-state index in [9.17, 15) is 31.1 Å². The lowest BCUT2D eigenvalue weighted by molar-refractivity contribution is -0.143. The first-order valence-electron chi connectivity index (χ1n) is 10.8. The monoisotopic (exact) mass is 472 g/mol. The molecule has 2 aromatic carbocycles. The highest BCUT2D eigenvalue weighted by molar-refractivity contribution is 5.55. The van der Waals surface area contributed by atoms with Crippen molar-refractivity contribution in [2.24, 2.45) is 11.8 Å². The summed E-state index contributed by atoms with van der Waals surface area (Å²) >= 11 is 0. The first kappa shape index (κ1) is 25.3. The summed E-state index contributed by atoms with van der Waals surface area (Å²) < 4.78 is 85.4. The third kappa shape index (κ3) is 5.78. The number of hydrogen-bond acceptors (Lipinski definition) is 2. The lowest BCUT2D eigenvalue weighted by atomic mass is 9.63. The average Bonchev–Trinajstić information content (AvgIpc) is 2.77. The van der Waals surface area contributed by atoms with Crippen molar-refractivity contribution in [2.75, 3.05) is 6.61 Å². The fourth-order valence-corrected chi connectivity index (χ4v) is 4.52. The SMILES string of the molecule is CC1CC[C@](CO[C@H](C)c2cc(C(F)(F)F)cc(C(F)(F)F)c2)(c2ccccc2)CC1C=O. The van der Waals surface area contributed by atoms with Gasteiger partial charge in [-0.05, 0) is 61.4 Å². The van der Waals surface area contributed by atoms with Crippen molar-refractivity contribution >= 4 is 6.29 Å². The fraction of sp³-hybridized carbons (Fsp3) is 0.480. The molecule has 180 valence electrons. The molecular weight excluding hydrogens is 446 g/mol. The molecule has 2 unspecified atom stereocenters. The van der Waals surface area contributed by atoms with Gasteiger partial charge in [-0.25, -0.2) is 0 Å². The quantitative estimate of drug-likeness (QED) is 0.324. The van der Waals surface area contributed by atoms with Crippen LogP contribution < -0.4 is 0 Å². The molecule has 1 aliphatic rings. The van der Waals surface area contributed by atoms with Gasteiger partial charge in [-0.1, -0.05) is 37.3 Å². The standard InChI is InChI=1S/C25H26F6O2/c1-16-8-9-23(13-19(16)14-32,20-6-4-3-5-7-20)15-33-17(2)18-10-21(24(26,27)28)12-22(11-18)25(29,30)31/h3-7,10-12,14,16-17,19H,8-9,13,15H2,1-2H3/t16?,17-,19?,23+/m1/s1. The van der Waals surface area contributed by atoms with Gasteiger partial charge in [0.05, 0.1) is 23.8 Å². The number of rotatable bonds is 6. The molecular formula is C25H26F6O2. The Labute approximate surface area is 188 Å². The fourth-order valence-electron chi connectivity index (χ4n) is 4.52. The van der Waals surface area contributed by atoms with Crippen LogP contribution in [0.2, 0.25) is 0 Å². The minimum atomic E-state index is -4.92. The summed E-state index contributed by atoms with van der Waals surface area (Å²) in [6.45, 7) is 3.52. The minimum Gasteiger partial charge on any atom is -0.373 e. The smallest absolute Gasteiger partial charge is 0.373 e. The number of aldehydes is 1. The summed E-state index contributed by atoms with van der Waals surface area (Å²) in [6.07, 6.45) is -7.96. The summed E-state index contributed by atoms with van der Waals surface area (Å²) in [6, 6.07) is 10.9. The van der Waals surface area contributed by atoms with E-state index >= 15 is 0 Å². The summed E-state index contributed by atoms with van der Waals surface area (Å²) in [5.74, 6) is -0.0159. The Balaban J connectivity index is 1.91. The normalized spacial score (nSPS) is 25.0. The first-order chi connectivity index (χ1) is 15.4. The van der Waals surface area contributed by atoms with Crippen molar-refractivity contribution in [3.63, 3.8) is 0 Å². The van der Waals surface area contributed by atoms with E-state index in [0.717, 1.165) is 18.3 Å². The van der Waals surface area contributed by atoms with E-state index in [4.69, 9.17) is 4.74 Å². The van der Waals surface area contributed by atoms with E-state index in [-0.39, 0.29) is 30.1 Å². The van der Waals surface area contributed by atoms with E-state index in [2.05, 4.69) is 0 Å². The maximum absolute atomic E-state index is 13.2. The van der Waals surface area contributed by atoms with Gasteiger partial charge in [0.15, 0.2) is 0 Å². The Morgan fingerprint density at radius 2 is 1.61 bits per heavy atom. The summed E-state index contributed by atoms with van der Waals surface area (Å²) in [7, 11) is 0. The zero-order chi connectivity index (χ0) is 24.4. The van der Waals surface area contributed by atoms with Crippen LogP contribution in [0, 0.1) is 11.8 Å². The van der Waals surface area contributed by atoms with E-state index < -0.39 is 35.0 Å². The largest absolute Gasteiger partial charge is 0.416 e. The second-order valence-corrected chi connectivity index (χ2v) is 8.96. The number of alkyl halides is 6. The molecule has 0 radical (unpaired) electrons. The number of halogens is 6. The van der Waals surface area contributed by atoms with Crippen molar-refractivity contribution in [3.05, 3.63) is 70.8 Å². The molecule has 1 fully saturated rings. The molecule has 8 heteroatoms. The Hall–Kier alpha value is -2.35. The molecule has 1 aliphatic carbocycles. The second-order valence-electron chi connectivity index (χ2n) is 8.96. The number of carbonyl (C=O) groups is 1. The van der Waals surface area contributed by atoms with Crippen LogP contribution in [0.1, 0.15) is 61.5 Å². The van der Waals surface area contributed by atoms with Gasteiger partial charge in [-0.2, -0.15) is 26.3 Å². The van der Waals surface area contributed by atoms with Gasteiger partial charge in [0, 0.05) is 11.3 Å². The van der Waals surface area contributed by atoms with Crippen LogP contribution in [0.5, 0.6) is 0 Å². The van der Waals surface area contributed by atoms with E-state index in [1.807, 2.05) is 37.3 Å². The van der Waals surface area contributed by atoms with Gasteiger partial charge in [0.25, 0.3) is 0 Å². The Morgan fingerprint density at radius 1 is 1.03 bits per heavy atom. The van der Waals surface area contributed by atoms with Gasteiger partial charge in [-0.3, -0.25) is 0 Å². The Kier molecular flexibility index (Phi) is 7.27. The predicted octanol–water partition coefficient (Wildman–Crippen LogP) is 7.37. The molecule has 1 saturated carbocycles. The van der Waals surface area contributed by atoms with Crippen LogP contribution in [-0.4, -0.2) is 12.9 Å². The number of carbonyl (C=O) groups excluding carboxylic acids is 1. The molecule has 0 N–H and O–H groups in total. The third-order valence-corrected chi connectivity index (χ3v) is 6.69. The van der Waals surface area contributed by atoms with Gasteiger partial charge < -0.3 is 9.53 Å². The van der Waals surface area contributed by atoms with Gasteiger partial charge in [0.1, 0.15) is 6.29 Å². The molecule has 33 heavy (non-hydrogen) atoms. The van der Waals surface area contributed by atoms with Gasteiger partial charge in [0.2, 0.25) is 0 Å². The molecule has 0 aliphatic heterocycles. The Bertz CT molecular complexity index is 921. The second kappa shape index (κ2) is 9.49. The summed E-state index contributed by atoms with van der Waals surface area (Å²) in [5.41, 5.74) is -2.55. The molecule has 0 aromatic heterocycles. The zero-order valence-electron chi connectivity index (χ0n) is 18.3. The van der Waals surface area contributed by atoms with Crippen molar-refractivity contribution in [1.29, 1.82) is 0 Å². The molecule has 0 saturated heterocycles. The molecule has 0 spiro atoms.